The van der Waals surface area contributed by atoms with E-state index >= 15 is 0 Å². The molecule has 140 valence electrons. The smallest absolute Gasteiger partial charge is 0.149 e. The van der Waals surface area contributed by atoms with Crippen LogP contribution in [-0.2, 0) is 4.74 Å². The molecule has 7 heteroatoms. The maximum Gasteiger partial charge on any atom is 0.149 e. The van der Waals surface area contributed by atoms with Gasteiger partial charge in [0, 0.05) is 45.6 Å². The minimum Gasteiger partial charge on any atom is -0.392 e. The van der Waals surface area contributed by atoms with E-state index < -0.39 is 0 Å². The Kier molecular flexibility index (Phi) is 5.46. The zero-order valence-corrected chi connectivity index (χ0v) is 15.9. The van der Waals surface area contributed by atoms with Gasteiger partial charge in [0.2, 0.25) is 0 Å². The minimum absolute atomic E-state index is 0.0740. The third-order valence-corrected chi connectivity index (χ3v) is 5.69. The lowest BCUT2D eigenvalue weighted by Crippen LogP contribution is -2.62. The van der Waals surface area contributed by atoms with Crippen molar-refractivity contribution in [2.24, 2.45) is 5.41 Å². The molecule has 1 aliphatic heterocycles. The van der Waals surface area contributed by atoms with Gasteiger partial charge in [0.05, 0.1) is 31.2 Å². The van der Waals surface area contributed by atoms with Crippen LogP contribution in [0.3, 0.4) is 0 Å². The van der Waals surface area contributed by atoms with E-state index in [0.717, 1.165) is 57.1 Å². The maximum absolute atomic E-state index is 10.4. The molecule has 1 aromatic heterocycles. The summed E-state index contributed by atoms with van der Waals surface area (Å²) in [5.74, 6) is 1.78. The Bertz CT molecular complexity index is 572. The molecular formula is C18H31N5O2. The van der Waals surface area contributed by atoms with Gasteiger partial charge in [-0.2, -0.15) is 0 Å². The van der Waals surface area contributed by atoms with Gasteiger partial charge < -0.3 is 24.5 Å². The quantitative estimate of drug-likeness (QED) is 0.816. The number of rotatable bonds is 6. The molecule has 7 nitrogen and oxygen atoms in total. The Morgan fingerprint density at radius 2 is 1.96 bits per heavy atom. The molecule has 1 aliphatic carbocycles. The van der Waals surface area contributed by atoms with Crippen LogP contribution in [0.15, 0.2) is 12.4 Å². The predicted molar refractivity (Wildman–Crippen MR) is 99.2 cm³/mol. The van der Waals surface area contributed by atoms with E-state index in [-0.39, 0.29) is 17.6 Å². The molecule has 1 aromatic rings. The van der Waals surface area contributed by atoms with Crippen LogP contribution in [0.4, 0.5) is 11.6 Å². The number of piperidine rings is 1. The van der Waals surface area contributed by atoms with Crippen LogP contribution in [-0.4, -0.2) is 86.6 Å². The fourth-order valence-electron chi connectivity index (χ4n) is 3.86. The van der Waals surface area contributed by atoms with Crippen molar-refractivity contribution in [2.45, 2.75) is 31.5 Å². The van der Waals surface area contributed by atoms with Gasteiger partial charge in [0.1, 0.15) is 11.6 Å². The van der Waals surface area contributed by atoms with Crippen molar-refractivity contribution in [3.05, 3.63) is 12.4 Å². The molecule has 1 spiro atoms. The maximum atomic E-state index is 10.4. The lowest BCUT2D eigenvalue weighted by molar-refractivity contribution is -0.202. The summed E-state index contributed by atoms with van der Waals surface area (Å²) >= 11 is 0. The van der Waals surface area contributed by atoms with E-state index in [4.69, 9.17) is 4.74 Å². The van der Waals surface area contributed by atoms with Crippen molar-refractivity contribution >= 4 is 11.6 Å². The molecular weight excluding hydrogens is 318 g/mol. The Hall–Kier alpha value is -1.44. The molecule has 2 heterocycles. The number of likely N-dealkylation sites (N-methyl/N-ethyl adjacent to an activating group) is 1. The normalized spacial score (nSPS) is 25.3. The molecule has 2 fully saturated rings. The summed E-state index contributed by atoms with van der Waals surface area (Å²) in [6, 6.07) is 0. The third kappa shape index (κ3) is 3.73. The summed E-state index contributed by atoms with van der Waals surface area (Å²) in [6.07, 6.45) is 6.20. The standard InChI is InChI=1S/C18H31N5O2/c1-21(2)9-10-25-15-11-14(24)18(15)5-7-23(8-6-18)17-13-19-12-16(20-17)22(3)4/h12-15,24H,5-11H2,1-4H3/t14-,15+/m1/s1. The number of hydrogen-bond donors (Lipinski definition) is 1. The van der Waals surface area contributed by atoms with Crippen LogP contribution in [0.5, 0.6) is 0 Å². The van der Waals surface area contributed by atoms with Gasteiger partial charge in [0.25, 0.3) is 0 Å². The van der Waals surface area contributed by atoms with E-state index in [1.165, 1.54) is 0 Å². The molecule has 1 saturated carbocycles. The Morgan fingerprint density at radius 3 is 2.56 bits per heavy atom. The van der Waals surface area contributed by atoms with Gasteiger partial charge in [-0.25, -0.2) is 4.98 Å². The van der Waals surface area contributed by atoms with Gasteiger partial charge in [0.15, 0.2) is 0 Å². The molecule has 0 aromatic carbocycles. The third-order valence-electron chi connectivity index (χ3n) is 5.69. The first-order valence-corrected chi connectivity index (χ1v) is 9.11. The van der Waals surface area contributed by atoms with Crippen molar-refractivity contribution in [1.82, 2.24) is 14.9 Å². The fraction of sp³-hybridized carbons (Fsp3) is 0.778. The second-order valence-corrected chi connectivity index (χ2v) is 7.76. The molecule has 1 saturated heterocycles. The zero-order valence-electron chi connectivity index (χ0n) is 15.9. The molecule has 2 atom stereocenters. The van der Waals surface area contributed by atoms with Crippen LogP contribution < -0.4 is 9.80 Å². The molecule has 0 bridgehead atoms. The second kappa shape index (κ2) is 7.43. The SMILES string of the molecule is CN(C)CCO[C@H]1C[C@@H](O)C12CCN(c1cncc(N(C)C)n1)CC2. The van der Waals surface area contributed by atoms with Crippen molar-refractivity contribution < 1.29 is 9.84 Å². The number of aliphatic hydroxyl groups excluding tert-OH is 1. The lowest BCUT2D eigenvalue weighted by atomic mass is 9.58. The highest BCUT2D eigenvalue weighted by Crippen LogP contribution is 2.51. The van der Waals surface area contributed by atoms with Crippen molar-refractivity contribution in [3.8, 4) is 0 Å². The highest BCUT2D eigenvalue weighted by Gasteiger charge is 2.56. The van der Waals surface area contributed by atoms with Crippen LogP contribution >= 0.6 is 0 Å². The largest absolute Gasteiger partial charge is 0.392 e. The van der Waals surface area contributed by atoms with Crippen LogP contribution in [0.25, 0.3) is 0 Å². The minimum atomic E-state index is -0.238. The first-order valence-electron chi connectivity index (χ1n) is 9.11. The molecule has 25 heavy (non-hydrogen) atoms. The molecule has 0 amide bonds. The summed E-state index contributed by atoms with van der Waals surface area (Å²) in [6.45, 7) is 3.42. The van der Waals surface area contributed by atoms with Gasteiger partial charge in [-0.1, -0.05) is 0 Å². The van der Waals surface area contributed by atoms with Crippen molar-refractivity contribution in [2.75, 3.05) is 64.2 Å². The first-order chi connectivity index (χ1) is 11.9. The molecule has 0 radical (unpaired) electrons. The number of aromatic nitrogens is 2. The van der Waals surface area contributed by atoms with E-state index in [9.17, 15) is 5.11 Å². The van der Waals surface area contributed by atoms with Gasteiger partial charge in [-0.05, 0) is 26.9 Å². The summed E-state index contributed by atoms with van der Waals surface area (Å²) in [7, 11) is 8.05. The van der Waals surface area contributed by atoms with Gasteiger partial charge in [-0.3, -0.25) is 4.98 Å². The number of anilines is 2. The predicted octanol–water partition coefficient (Wildman–Crippen LogP) is 0.841. The van der Waals surface area contributed by atoms with Crippen molar-refractivity contribution in [3.63, 3.8) is 0 Å². The average Bonchev–Trinajstić information content (AvgIpc) is 2.61. The van der Waals surface area contributed by atoms with Crippen molar-refractivity contribution in [1.29, 1.82) is 0 Å². The van der Waals surface area contributed by atoms with Crippen LogP contribution in [0, 0.1) is 5.41 Å². The zero-order chi connectivity index (χ0) is 18.0. The Morgan fingerprint density at radius 1 is 1.24 bits per heavy atom. The first kappa shape index (κ1) is 18.4. The van der Waals surface area contributed by atoms with E-state index in [1.54, 1.807) is 6.20 Å². The van der Waals surface area contributed by atoms with E-state index in [0.29, 0.717) is 0 Å². The number of hydrogen-bond acceptors (Lipinski definition) is 7. The molecule has 1 N–H and O–H groups in total. The summed E-state index contributed by atoms with van der Waals surface area (Å²) < 4.78 is 6.09. The van der Waals surface area contributed by atoms with Gasteiger partial charge >= 0.3 is 0 Å². The number of ether oxygens (including phenoxy) is 1. The molecule has 0 unspecified atom stereocenters. The topological polar surface area (TPSA) is 65.0 Å². The Balaban J connectivity index is 1.59. The second-order valence-electron chi connectivity index (χ2n) is 7.76. The van der Waals surface area contributed by atoms with Crippen LogP contribution in [0.2, 0.25) is 0 Å². The highest BCUT2D eigenvalue weighted by molar-refractivity contribution is 5.45. The number of aliphatic hydroxyl groups is 1. The monoisotopic (exact) mass is 349 g/mol. The van der Waals surface area contributed by atoms with Gasteiger partial charge in [-0.15, -0.1) is 0 Å². The van der Waals surface area contributed by atoms with Crippen LogP contribution in [0.1, 0.15) is 19.3 Å². The fourth-order valence-corrected chi connectivity index (χ4v) is 3.86. The molecule has 2 aliphatic rings. The van der Waals surface area contributed by atoms with E-state index in [2.05, 4.69) is 33.9 Å². The lowest BCUT2D eigenvalue weighted by Gasteiger charge is -2.56. The summed E-state index contributed by atoms with van der Waals surface area (Å²) in [5, 5.41) is 10.4. The van der Waals surface area contributed by atoms with E-state index in [1.807, 2.05) is 25.2 Å². The average molecular weight is 349 g/mol. The Labute approximate surface area is 150 Å². The summed E-state index contributed by atoms with van der Waals surface area (Å²) in [4.78, 5) is 15.4. The molecule has 3 rings (SSSR count). The number of nitrogens with zero attached hydrogens (tertiary/aromatic N) is 5. The highest BCUT2D eigenvalue weighted by atomic mass is 16.5. The summed E-state index contributed by atoms with van der Waals surface area (Å²) in [5.41, 5.74) is -0.0740.